The number of sulfonamides is 1. The minimum Gasteiger partial charge on any atom is -0.336 e. The van der Waals surface area contributed by atoms with E-state index in [0.717, 1.165) is 21.3 Å². The van der Waals surface area contributed by atoms with Gasteiger partial charge in [-0.25, -0.2) is 8.42 Å². The van der Waals surface area contributed by atoms with E-state index in [2.05, 4.69) is 0 Å². The van der Waals surface area contributed by atoms with Gasteiger partial charge in [-0.2, -0.15) is 17.5 Å². The van der Waals surface area contributed by atoms with Crippen molar-refractivity contribution in [1.82, 2.24) is 9.21 Å². The molecule has 0 saturated carbocycles. The molecule has 0 unspecified atom stereocenters. The molecule has 1 heterocycles. The second kappa shape index (κ2) is 8.78. The van der Waals surface area contributed by atoms with E-state index in [4.69, 9.17) is 11.6 Å². The Morgan fingerprint density at radius 3 is 2.17 bits per heavy atom. The lowest BCUT2D eigenvalue weighted by molar-refractivity contribution is -0.137. The largest absolute Gasteiger partial charge is 0.417 e. The van der Waals surface area contributed by atoms with Crippen molar-refractivity contribution in [3.63, 3.8) is 0 Å². The highest BCUT2D eigenvalue weighted by atomic mass is 35.5. The van der Waals surface area contributed by atoms with Crippen LogP contribution in [0.4, 0.5) is 13.2 Å². The van der Waals surface area contributed by atoms with E-state index in [1.807, 2.05) is 18.4 Å². The number of amides is 1. The average molecular weight is 479 g/mol. The summed E-state index contributed by atoms with van der Waals surface area (Å²) in [6.07, 6.45) is -2.84. The summed E-state index contributed by atoms with van der Waals surface area (Å²) < 4.78 is 65.9. The Morgan fingerprint density at radius 1 is 1.03 bits per heavy atom. The number of nitrogens with zero attached hydrogens (tertiary/aromatic N) is 2. The van der Waals surface area contributed by atoms with Crippen molar-refractivity contribution in [1.29, 1.82) is 0 Å². The molecule has 1 aliphatic heterocycles. The molecule has 0 N–H and O–H groups in total. The number of rotatable bonds is 4. The molecule has 1 amide bonds. The SMILES string of the molecule is CSc1ccc(C(=O)N2CCN(S(=O)(=O)c3ccc(Cl)c(C(F)(F)F)c3)CC2)cc1. The first-order valence-electron chi connectivity index (χ1n) is 8.84. The molecule has 162 valence electrons. The van der Waals surface area contributed by atoms with Gasteiger partial charge in [-0.1, -0.05) is 11.6 Å². The van der Waals surface area contributed by atoms with E-state index in [1.54, 1.807) is 23.9 Å². The molecule has 1 aliphatic rings. The molecule has 0 aliphatic carbocycles. The lowest BCUT2D eigenvalue weighted by Gasteiger charge is -2.34. The van der Waals surface area contributed by atoms with Crippen LogP contribution in [-0.4, -0.2) is 56.0 Å². The van der Waals surface area contributed by atoms with Crippen LogP contribution in [-0.2, 0) is 16.2 Å². The topological polar surface area (TPSA) is 57.7 Å². The number of hydrogen-bond acceptors (Lipinski definition) is 4. The molecule has 3 rings (SSSR count). The van der Waals surface area contributed by atoms with Gasteiger partial charge in [-0.3, -0.25) is 4.79 Å². The summed E-state index contributed by atoms with van der Waals surface area (Å²) in [6, 6.07) is 9.61. The highest BCUT2D eigenvalue weighted by molar-refractivity contribution is 7.98. The van der Waals surface area contributed by atoms with Crippen molar-refractivity contribution < 1.29 is 26.4 Å². The van der Waals surface area contributed by atoms with Gasteiger partial charge in [0.2, 0.25) is 10.0 Å². The van der Waals surface area contributed by atoms with E-state index in [0.29, 0.717) is 11.6 Å². The van der Waals surface area contributed by atoms with Crippen LogP contribution < -0.4 is 0 Å². The van der Waals surface area contributed by atoms with Crippen LogP contribution in [0.1, 0.15) is 15.9 Å². The summed E-state index contributed by atoms with van der Waals surface area (Å²) >= 11 is 7.13. The third-order valence-electron chi connectivity index (χ3n) is 4.74. The Balaban J connectivity index is 1.73. The van der Waals surface area contributed by atoms with Gasteiger partial charge in [-0.05, 0) is 48.7 Å². The summed E-state index contributed by atoms with van der Waals surface area (Å²) in [5.41, 5.74) is -0.704. The Bertz CT molecular complexity index is 1040. The van der Waals surface area contributed by atoms with Gasteiger partial charge in [-0.15, -0.1) is 11.8 Å². The number of carbonyl (C=O) groups is 1. The van der Waals surface area contributed by atoms with Crippen molar-refractivity contribution >= 4 is 39.3 Å². The molecule has 0 aromatic heterocycles. The first kappa shape index (κ1) is 22.9. The molecule has 0 radical (unpaired) electrons. The van der Waals surface area contributed by atoms with E-state index >= 15 is 0 Å². The maximum atomic E-state index is 13.1. The highest BCUT2D eigenvalue weighted by Gasteiger charge is 2.36. The number of piperazine rings is 1. The lowest BCUT2D eigenvalue weighted by atomic mass is 10.2. The second-order valence-corrected chi connectivity index (χ2v) is 9.79. The van der Waals surface area contributed by atoms with Gasteiger partial charge >= 0.3 is 6.18 Å². The number of alkyl halides is 3. The zero-order valence-corrected chi connectivity index (χ0v) is 18.2. The Morgan fingerprint density at radius 2 is 1.63 bits per heavy atom. The van der Waals surface area contributed by atoms with Crippen molar-refractivity contribution in [2.75, 3.05) is 32.4 Å². The van der Waals surface area contributed by atoms with Crippen LogP contribution in [0, 0.1) is 0 Å². The monoisotopic (exact) mass is 478 g/mol. The van der Waals surface area contributed by atoms with Crippen molar-refractivity contribution in [3.05, 3.63) is 58.6 Å². The fourth-order valence-corrected chi connectivity index (χ4v) is 5.16. The molecule has 11 heteroatoms. The number of hydrogen-bond donors (Lipinski definition) is 0. The lowest BCUT2D eigenvalue weighted by Crippen LogP contribution is -2.50. The number of carbonyl (C=O) groups excluding carboxylic acids is 1. The first-order valence-corrected chi connectivity index (χ1v) is 11.9. The molecular formula is C19H18ClF3N2O3S2. The molecule has 2 aromatic carbocycles. The third kappa shape index (κ3) is 4.77. The van der Waals surface area contributed by atoms with E-state index in [-0.39, 0.29) is 32.1 Å². The maximum Gasteiger partial charge on any atom is 0.417 e. The average Bonchev–Trinajstić information content (AvgIpc) is 2.72. The van der Waals surface area contributed by atoms with Gasteiger partial charge in [0.05, 0.1) is 15.5 Å². The predicted octanol–water partition coefficient (Wildman–Crippen LogP) is 4.23. The minimum absolute atomic E-state index is 0.0130. The third-order valence-corrected chi connectivity index (χ3v) is 7.71. The van der Waals surface area contributed by atoms with Gasteiger partial charge in [0.25, 0.3) is 5.91 Å². The van der Waals surface area contributed by atoms with Gasteiger partial charge in [0.15, 0.2) is 0 Å². The summed E-state index contributed by atoms with van der Waals surface area (Å²) in [5.74, 6) is -0.217. The maximum absolute atomic E-state index is 13.1. The van der Waals surface area contributed by atoms with Crippen LogP contribution in [0.3, 0.4) is 0 Å². The molecule has 1 fully saturated rings. The summed E-state index contributed by atoms with van der Waals surface area (Å²) in [6.45, 7) is 0.256. The molecule has 5 nitrogen and oxygen atoms in total. The van der Waals surface area contributed by atoms with Crippen molar-refractivity contribution in [2.24, 2.45) is 0 Å². The van der Waals surface area contributed by atoms with E-state index < -0.39 is 31.7 Å². The fourth-order valence-electron chi connectivity index (χ4n) is 3.08. The van der Waals surface area contributed by atoms with Crippen LogP contribution in [0.2, 0.25) is 5.02 Å². The normalized spacial score (nSPS) is 16.0. The predicted molar refractivity (Wildman–Crippen MR) is 109 cm³/mol. The highest BCUT2D eigenvalue weighted by Crippen LogP contribution is 2.36. The van der Waals surface area contributed by atoms with E-state index in [9.17, 15) is 26.4 Å². The summed E-state index contributed by atoms with van der Waals surface area (Å²) in [5, 5.41) is -0.565. The van der Waals surface area contributed by atoms with Gasteiger partial charge in [0.1, 0.15) is 0 Å². The number of thioether (sulfide) groups is 1. The van der Waals surface area contributed by atoms with Crippen LogP contribution >= 0.6 is 23.4 Å². The zero-order chi connectivity index (χ0) is 22.1. The summed E-state index contributed by atoms with van der Waals surface area (Å²) in [4.78, 5) is 14.7. The number of halogens is 4. The Labute approximate surface area is 181 Å². The van der Waals surface area contributed by atoms with Crippen molar-refractivity contribution in [3.8, 4) is 0 Å². The van der Waals surface area contributed by atoms with E-state index in [1.165, 1.54) is 4.90 Å². The number of benzene rings is 2. The summed E-state index contributed by atoms with van der Waals surface area (Å²) in [7, 11) is -4.15. The zero-order valence-electron chi connectivity index (χ0n) is 15.8. The first-order chi connectivity index (χ1) is 14.0. The second-order valence-electron chi connectivity index (χ2n) is 6.56. The molecule has 2 aromatic rings. The van der Waals surface area contributed by atoms with Crippen LogP contribution in [0.15, 0.2) is 52.3 Å². The van der Waals surface area contributed by atoms with Crippen LogP contribution in [0.5, 0.6) is 0 Å². The smallest absolute Gasteiger partial charge is 0.336 e. The van der Waals surface area contributed by atoms with Gasteiger partial charge < -0.3 is 4.90 Å². The molecule has 0 bridgehead atoms. The molecule has 0 atom stereocenters. The fraction of sp³-hybridized carbons (Fsp3) is 0.316. The molecule has 30 heavy (non-hydrogen) atoms. The Hall–Kier alpha value is -1.75. The minimum atomic E-state index is -4.76. The molecule has 0 spiro atoms. The van der Waals surface area contributed by atoms with Crippen LogP contribution in [0.25, 0.3) is 0 Å². The molecular weight excluding hydrogens is 461 g/mol. The van der Waals surface area contributed by atoms with Crippen molar-refractivity contribution in [2.45, 2.75) is 16.0 Å². The molecule has 1 saturated heterocycles. The van der Waals surface area contributed by atoms with Gasteiger partial charge in [0, 0.05) is 36.6 Å². The Kier molecular flexibility index (Phi) is 6.71. The standard InChI is InChI=1S/C19H18ClF3N2O3S2/c1-29-14-4-2-13(3-5-14)18(26)24-8-10-25(11-9-24)30(27,28)15-6-7-17(20)16(12-15)19(21,22)23/h2-7,12H,8-11H2,1H3. The quantitative estimate of drug-likeness (QED) is 0.617.